The quantitative estimate of drug-likeness (QED) is 0.760. The maximum Gasteiger partial charge on any atom is 0.320 e. The maximum atomic E-state index is 11.7. The molecule has 0 unspecified atom stereocenters. The van der Waals surface area contributed by atoms with E-state index in [1.54, 1.807) is 7.11 Å². The van der Waals surface area contributed by atoms with Crippen molar-refractivity contribution < 1.29 is 14.3 Å². The van der Waals surface area contributed by atoms with Crippen LogP contribution in [0.2, 0.25) is 0 Å². The van der Waals surface area contributed by atoms with E-state index in [1.165, 1.54) is 0 Å². The lowest BCUT2D eigenvalue weighted by atomic mass is 10.1. The lowest BCUT2D eigenvalue weighted by Crippen LogP contribution is -2.40. The predicted molar refractivity (Wildman–Crippen MR) is 72.7 cm³/mol. The lowest BCUT2D eigenvalue weighted by molar-refractivity contribution is -0.146. The number of likely N-dealkylation sites (tertiary alicyclic amines) is 1. The molecule has 1 aromatic carbocycles. The number of ether oxygens (including phenoxy) is 2. The molecule has 0 aromatic heterocycles. The molecule has 0 aliphatic carbocycles. The Morgan fingerprint density at radius 3 is 2.58 bits per heavy atom. The van der Waals surface area contributed by atoms with Crippen molar-refractivity contribution >= 4 is 5.97 Å². The van der Waals surface area contributed by atoms with Gasteiger partial charge in [0.05, 0.1) is 12.6 Å². The molecule has 1 saturated heterocycles. The summed E-state index contributed by atoms with van der Waals surface area (Å²) in [7, 11) is 1.74. The number of nitrogens with zero attached hydrogens (tertiary/aromatic N) is 1. The van der Waals surface area contributed by atoms with Gasteiger partial charge in [-0.25, -0.2) is 0 Å². The number of piperidine rings is 1. The molecule has 1 aliphatic heterocycles. The number of rotatable bonds is 5. The van der Waals surface area contributed by atoms with Crippen LogP contribution < -0.4 is 0 Å². The first kappa shape index (κ1) is 14.0. The van der Waals surface area contributed by atoms with Gasteiger partial charge in [-0.1, -0.05) is 30.3 Å². The first-order chi connectivity index (χ1) is 9.28. The fraction of sp³-hybridized carbons (Fsp3) is 0.533. The molecule has 0 spiro atoms. The summed E-state index contributed by atoms with van der Waals surface area (Å²) in [6, 6.07) is 9.75. The van der Waals surface area contributed by atoms with Gasteiger partial charge in [-0.15, -0.1) is 0 Å². The van der Waals surface area contributed by atoms with Crippen molar-refractivity contribution in [2.75, 3.05) is 26.7 Å². The normalized spacial score (nSPS) is 17.3. The van der Waals surface area contributed by atoms with Crippen LogP contribution in [0.3, 0.4) is 0 Å². The monoisotopic (exact) mass is 263 g/mol. The Balaban J connectivity index is 1.67. The largest absolute Gasteiger partial charge is 0.460 e. The molecule has 104 valence electrons. The van der Waals surface area contributed by atoms with E-state index in [9.17, 15) is 4.79 Å². The van der Waals surface area contributed by atoms with Crippen molar-refractivity contribution in [3.63, 3.8) is 0 Å². The molecule has 1 fully saturated rings. The van der Waals surface area contributed by atoms with Crippen molar-refractivity contribution in [3.05, 3.63) is 35.9 Å². The Morgan fingerprint density at radius 2 is 1.95 bits per heavy atom. The Bertz CT molecular complexity index is 386. The third-order valence-corrected chi connectivity index (χ3v) is 3.46. The average Bonchev–Trinajstić information content (AvgIpc) is 2.47. The summed E-state index contributed by atoms with van der Waals surface area (Å²) in [5.41, 5.74) is 1.02. The van der Waals surface area contributed by atoms with Crippen molar-refractivity contribution in [3.8, 4) is 0 Å². The van der Waals surface area contributed by atoms with E-state index >= 15 is 0 Å². The zero-order valence-electron chi connectivity index (χ0n) is 11.4. The zero-order valence-corrected chi connectivity index (χ0v) is 11.4. The van der Waals surface area contributed by atoms with Gasteiger partial charge in [0.15, 0.2) is 0 Å². The van der Waals surface area contributed by atoms with Crippen LogP contribution in [0, 0.1) is 0 Å². The van der Waals surface area contributed by atoms with E-state index in [0.717, 1.165) is 31.5 Å². The number of benzene rings is 1. The zero-order chi connectivity index (χ0) is 13.5. The van der Waals surface area contributed by atoms with Gasteiger partial charge in [-0.3, -0.25) is 9.69 Å². The Labute approximate surface area is 114 Å². The molecular formula is C15H21NO3. The van der Waals surface area contributed by atoms with Gasteiger partial charge >= 0.3 is 5.97 Å². The third-order valence-electron chi connectivity index (χ3n) is 3.46. The van der Waals surface area contributed by atoms with Gasteiger partial charge in [-0.2, -0.15) is 0 Å². The molecule has 19 heavy (non-hydrogen) atoms. The molecule has 0 N–H and O–H groups in total. The number of methoxy groups -OCH3 is 1. The molecule has 4 heteroatoms. The third kappa shape index (κ3) is 4.65. The van der Waals surface area contributed by atoms with Gasteiger partial charge in [-0.05, 0) is 18.4 Å². The summed E-state index contributed by atoms with van der Waals surface area (Å²) < 4.78 is 10.6. The van der Waals surface area contributed by atoms with Crippen molar-refractivity contribution in [1.29, 1.82) is 0 Å². The summed E-state index contributed by atoms with van der Waals surface area (Å²) in [6.07, 6.45) is 2.32. The topological polar surface area (TPSA) is 38.8 Å². The first-order valence-corrected chi connectivity index (χ1v) is 6.72. The standard InChI is InChI=1S/C15H21NO3/c1-18-14-7-9-16(10-8-14)11-15(17)19-12-13-5-3-2-4-6-13/h2-6,14H,7-12H2,1H3. The minimum Gasteiger partial charge on any atom is -0.460 e. The summed E-state index contributed by atoms with van der Waals surface area (Å²) in [5, 5.41) is 0. The fourth-order valence-electron chi connectivity index (χ4n) is 2.27. The van der Waals surface area contributed by atoms with Gasteiger partial charge in [0.1, 0.15) is 6.61 Å². The van der Waals surface area contributed by atoms with Crippen LogP contribution in [-0.4, -0.2) is 43.7 Å². The van der Waals surface area contributed by atoms with E-state index in [2.05, 4.69) is 4.90 Å². The van der Waals surface area contributed by atoms with Crippen LogP contribution in [0.25, 0.3) is 0 Å². The second kappa shape index (κ2) is 7.26. The van der Waals surface area contributed by atoms with E-state index in [-0.39, 0.29) is 5.97 Å². The predicted octanol–water partition coefficient (Wildman–Crippen LogP) is 1.84. The van der Waals surface area contributed by atoms with Crippen molar-refractivity contribution in [1.82, 2.24) is 4.90 Å². The molecule has 0 atom stereocenters. The molecule has 1 aromatic rings. The van der Waals surface area contributed by atoms with Crippen LogP contribution in [0.1, 0.15) is 18.4 Å². The smallest absolute Gasteiger partial charge is 0.320 e. The minimum atomic E-state index is -0.153. The van der Waals surface area contributed by atoms with Crippen LogP contribution in [0.15, 0.2) is 30.3 Å². The Morgan fingerprint density at radius 1 is 1.26 bits per heavy atom. The van der Waals surface area contributed by atoms with Crippen LogP contribution in [0.4, 0.5) is 0 Å². The number of carbonyl (C=O) groups is 1. The van der Waals surface area contributed by atoms with E-state index in [4.69, 9.17) is 9.47 Å². The molecule has 2 rings (SSSR count). The van der Waals surface area contributed by atoms with Crippen molar-refractivity contribution in [2.24, 2.45) is 0 Å². The highest BCUT2D eigenvalue weighted by molar-refractivity contribution is 5.71. The molecule has 0 radical (unpaired) electrons. The van der Waals surface area contributed by atoms with Crippen LogP contribution >= 0.6 is 0 Å². The van der Waals surface area contributed by atoms with Crippen LogP contribution in [0.5, 0.6) is 0 Å². The van der Waals surface area contributed by atoms with Crippen molar-refractivity contribution in [2.45, 2.75) is 25.6 Å². The summed E-state index contributed by atoms with van der Waals surface area (Å²) >= 11 is 0. The molecule has 0 saturated carbocycles. The number of hydrogen-bond donors (Lipinski definition) is 0. The fourth-order valence-corrected chi connectivity index (χ4v) is 2.27. The second-order valence-electron chi connectivity index (χ2n) is 4.86. The minimum absolute atomic E-state index is 0.153. The van der Waals surface area contributed by atoms with Gasteiger partial charge in [0.25, 0.3) is 0 Å². The molecular weight excluding hydrogens is 242 g/mol. The number of hydrogen-bond acceptors (Lipinski definition) is 4. The van der Waals surface area contributed by atoms with Crippen LogP contribution in [-0.2, 0) is 20.9 Å². The summed E-state index contributed by atoms with van der Waals surface area (Å²) in [6.45, 7) is 2.54. The number of esters is 1. The highest BCUT2D eigenvalue weighted by atomic mass is 16.5. The first-order valence-electron chi connectivity index (χ1n) is 6.72. The van der Waals surface area contributed by atoms with E-state index in [0.29, 0.717) is 19.3 Å². The van der Waals surface area contributed by atoms with Gasteiger partial charge < -0.3 is 9.47 Å². The average molecular weight is 263 g/mol. The van der Waals surface area contributed by atoms with Gasteiger partial charge in [0.2, 0.25) is 0 Å². The SMILES string of the molecule is COC1CCN(CC(=O)OCc2ccccc2)CC1. The van der Waals surface area contributed by atoms with Gasteiger partial charge in [0, 0.05) is 20.2 Å². The highest BCUT2D eigenvalue weighted by Gasteiger charge is 2.20. The Hall–Kier alpha value is -1.39. The molecule has 1 aliphatic rings. The molecule has 4 nitrogen and oxygen atoms in total. The second-order valence-corrected chi connectivity index (χ2v) is 4.86. The van der Waals surface area contributed by atoms with E-state index in [1.807, 2.05) is 30.3 Å². The molecule has 0 amide bonds. The molecule has 0 bridgehead atoms. The summed E-state index contributed by atoms with van der Waals surface area (Å²) in [5.74, 6) is -0.153. The molecule has 1 heterocycles. The number of carbonyl (C=O) groups excluding carboxylic acids is 1. The lowest BCUT2D eigenvalue weighted by Gasteiger charge is -2.30. The Kier molecular flexibility index (Phi) is 5.36. The highest BCUT2D eigenvalue weighted by Crippen LogP contribution is 2.12. The van der Waals surface area contributed by atoms with E-state index < -0.39 is 0 Å². The summed E-state index contributed by atoms with van der Waals surface area (Å²) in [4.78, 5) is 13.9. The maximum absolute atomic E-state index is 11.7.